The van der Waals surface area contributed by atoms with Crippen molar-refractivity contribution in [3.63, 3.8) is 0 Å². The van der Waals surface area contributed by atoms with Crippen molar-refractivity contribution in [1.29, 1.82) is 0 Å². The zero-order valence-electron chi connectivity index (χ0n) is 15.3. The summed E-state index contributed by atoms with van der Waals surface area (Å²) in [5, 5.41) is 2.06. The zero-order chi connectivity index (χ0) is 19.0. The molecule has 27 heavy (non-hydrogen) atoms. The van der Waals surface area contributed by atoms with Crippen molar-refractivity contribution in [2.75, 3.05) is 31.1 Å². The second-order valence-corrected chi connectivity index (χ2v) is 8.26. The fourth-order valence-corrected chi connectivity index (χ4v) is 4.36. The van der Waals surface area contributed by atoms with Crippen LogP contribution in [0.3, 0.4) is 0 Å². The molecule has 0 bridgehead atoms. The fraction of sp³-hybridized carbons (Fsp3) is 0.526. The predicted octanol–water partition coefficient (Wildman–Crippen LogP) is 2.44. The standard InChI is InChI=1S/C19H23FN4O2S/c1-12-6-11-27-14(12)4-5-15(25)23-7-9-24(10-8-23)19-21-17(13-2-3-13)16(20)18(26)22-19/h6,11,13H,2-5,7-10H2,1H3,(H,21,22,26). The molecule has 0 unspecified atom stereocenters. The lowest BCUT2D eigenvalue weighted by Gasteiger charge is -2.35. The summed E-state index contributed by atoms with van der Waals surface area (Å²) >= 11 is 1.70. The van der Waals surface area contributed by atoms with Gasteiger partial charge in [-0.15, -0.1) is 11.3 Å². The number of aryl methyl sites for hydroxylation is 2. The van der Waals surface area contributed by atoms with E-state index in [1.165, 1.54) is 10.4 Å². The van der Waals surface area contributed by atoms with E-state index < -0.39 is 11.4 Å². The van der Waals surface area contributed by atoms with Crippen LogP contribution in [-0.2, 0) is 11.2 Å². The van der Waals surface area contributed by atoms with Gasteiger partial charge in [-0.05, 0) is 43.2 Å². The van der Waals surface area contributed by atoms with E-state index in [4.69, 9.17) is 0 Å². The number of halogens is 1. The fourth-order valence-electron chi connectivity index (χ4n) is 3.45. The summed E-state index contributed by atoms with van der Waals surface area (Å²) in [6.45, 7) is 4.41. The van der Waals surface area contributed by atoms with E-state index in [2.05, 4.69) is 28.3 Å². The number of nitrogens with zero attached hydrogens (tertiary/aromatic N) is 3. The van der Waals surface area contributed by atoms with Gasteiger partial charge in [0.25, 0.3) is 5.56 Å². The van der Waals surface area contributed by atoms with Crippen LogP contribution >= 0.6 is 11.3 Å². The van der Waals surface area contributed by atoms with Crippen LogP contribution < -0.4 is 10.5 Å². The van der Waals surface area contributed by atoms with Gasteiger partial charge in [0, 0.05) is 43.4 Å². The number of carbonyl (C=O) groups is 1. The van der Waals surface area contributed by atoms with Gasteiger partial charge in [0.2, 0.25) is 17.7 Å². The topological polar surface area (TPSA) is 69.3 Å². The normalized spacial score (nSPS) is 17.4. The van der Waals surface area contributed by atoms with Crippen LogP contribution in [0.2, 0.25) is 0 Å². The van der Waals surface area contributed by atoms with Crippen LogP contribution in [-0.4, -0.2) is 47.0 Å². The van der Waals surface area contributed by atoms with Gasteiger partial charge in [0.05, 0.1) is 5.69 Å². The number of nitrogens with one attached hydrogen (secondary N) is 1. The van der Waals surface area contributed by atoms with E-state index in [1.54, 1.807) is 11.3 Å². The number of hydrogen-bond acceptors (Lipinski definition) is 5. The summed E-state index contributed by atoms with van der Waals surface area (Å²) in [5.74, 6) is -0.0974. The molecule has 0 aromatic carbocycles. The van der Waals surface area contributed by atoms with E-state index in [9.17, 15) is 14.0 Å². The Balaban J connectivity index is 1.35. The summed E-state index contributed by atoms with van der Waals surface area (Å²) in [6.07, 6.45) is 3.07. The van der Waals surface area contributed by atoms with Gasteiger partial charge in [-0.25, -0.2) is 4.98 Å². The number of rotatable bonds is 5. The number of aromatic amines is 1. The average molecular weight is 390 g/mol. The summed E-state index contributed by atoms with van der Waals surface area (Å²) < 4.78 is 14.0. The molecule has 2 aromatic heterocycles. The minimum absolute atomic E-state index is 0.0784. The Bertz CT molecular complexity index is 897. The molecule has 1 aliphatic carbocycles. The van der Waals surface area contributed by atoms with Crippen LogP contribution in [0, 0.1) is 12.7 Å². The van der Waals surface area contributed by atoms with Crippen LogP contribution in [0.5, 0.6) is 0 Å². The third kappa shape index (κ3) is 3.90. The molecule has 2 aromatic rings. The average Bonchev–Trinajstić information content (AvgIpc) is 3.44. The van der Waals surface area contributed by atoms with Crippen molar-refractivity contribution < 1.29 is 9.18 Å². The second kappa shape index (κ2) is 7.42. The maximum Gasteiger partial charge on any atom is 0.288 e. The number of thiophene rings is 1. The van der Waals surface area contributed by atoms with Gasteiger partial charge in [0.1, 0.15) is 0 Å². The van der Waals surface area contributed by atoms with Crippen molar-refractivity contribution >= 4 is 23.2 Å². The Morgan fingerprint density at radius 1 is 1.33 bits per heavy atom. The highest BCUT2D eigenvalue weighted by atomic mass is 32.1. The Kier molecular flexibility index (Phi) is 4.99. The van der Waals surface area contributed by atoms with Crippen LogP contribution in [0.4, 0.5) is 10.3 Å². The first-order valence-electron chi connectivity index (χ1n) is 9.38. The van der Waals surface area contributed by atoms with Crippen LogP contribution in [0.15, 0.2) is 16.2 Å². The Labute approximate surface area is 161 Å². The molecule has 0 spiro atoms. The summed E-state index contributed by atoms with van der Waals surface area (Å²) in [7, 11) is 0. The lowest BCUT2D eigenvalue weighted by molar-refractivity contribution is -0.131. The van der Waals surface area contributed by atoms with Gasteiger partial charge in [0.15, 0.2) is 0 Å². The monoisotopic (exact) mass is 390 g/mol. The first-order chi connectivity index (χ1) is 13.0. The number of carbonyl (C=O) groups excluding carboxylic acids is 1. The van der Waals surface area contributed by atoms with Crippen molar-refractivity contribution in [3.8, 4) is 0 Å². The maximum absolute atomic E-state index is 14.0. The molecule has 2 fully saturated rings. The molecule has 144 valence electrons. The van der Waals surface area contributed by atoms with Crippen molar-refractivity contribution in [2.45, 2.75) is 38.5 Å². The largest absolute Gasteiger partial charge is 0.339 e. The van der Waals surface area contributed by atoms with Gasteiger partial charge in [-0.3, -0.25) is 14.6 Å². The summed E-state index contributed by atoms with van der Waals surface area (Å²) in [6, 6.07) is 2.08. The molecule has 1 amide bonds. The number of aromatic nitrogens is 2. The molecule has 1 N–H and O–H groups in total. The predicted molar refractivity (Wildman–Crippen MR) is 103 cm³/mol. The Hall–Kier alpha value is -2.22. The second-order valence-electron chi connectivity index (χ2n) is 7.26. The molecule has 2 aliphatic rings. The number of piperazine rings is 1. The maximum atomic E-state index is 14.0. The molecular weight excluding hydrogens is 367 g/mol. The lowest BCUT2D eigenvalue weighted by Crippen LogP contribution is -2.49. The van der Waals surface area contributed by atoms with E-state index in [0.29, 0.717) is 44.2 Å². The highest BCUT2D eigenvalue weighted by Crippen LogP contribution is 2.39. The van der Waals surface area contributed by atoms with Gasteiger partial charge in [-0.1, -0.05) is 0 Å². The van der Waals surface area contributed by atoms with Crippen molar-refractivity contribution in [2.24, 2.45) is 0 Å². The smallest absolute Gasteiger partial charge is 0.288 e. The highest BCUT2D eigenvalue weighted by molar-refractivity contribution is 7.10. The first-order valence-corrected chi connectivity index (χ1v) is 10.3. The van der Waals surface area contributed by atoms with E-state index in [-0.39, 0.29) is 11.8 Å². The van der Waals surface area contributed by atoms with Gasteiger partial charge < -0.3 is 9.80 Å². The van der Waals surface area contributed by atoms with Crippen LogP contribution in [0.1, 0.15) is 41.3 Å². The molecule has 4 rings (SSSR count). The van der Waals surface area contributed by atoms with Gasteiger partial charge in [-0.2, -0.15) is 4.39 Å². The van der Waals surface area contributed by atoms with Crippen molar-refractivity contribution in [3.05, 3.63) is 43.8 Å². The summed E-state index contributed by atoms with van der Waals surface area (Å²) in [4.78, 5) is 36.3. The van der Waals surface area contributed by atoms with E-state index in [0.717, 1.165) is 19.3 Å². The number of hydrogen-bond donors (Lipinski definition) is 1. The van der Waals surface area contributed by atoms with Crippen molar-refractivity contribution in [1.82, 2.24) is 14.9 Å². The third-order valence-electron chi connectivity index (χ3n) is 5.31. The molecule has 6 nitrogen and oxygen atoms in total. The first kappa shape index (κ1) is 18.2. The third-order valence-corrected chi connectivity index (χ3v) is 6.39. The Morgan fingerprint density at radius 2 is 2.07 bits per heavy atom. The minimum Gasteiger partial charge on any atom is -0.339 e. The molecule has 1 saturated heterocycles. The van der Waals surface area contributed by atoms with Crippen LogP contribution in [0.25, 0.3) is 0 Å². The lowest BCUT2D eigenvalue weighted by atomic mass is 10.2. The number of anilines is 1. The Morgan fingerprint density at radius 3 is 2.70 bits per heavy atom. The minimum atomic E-state index is -0.751. The molecule has 3 heterocycles. The number of amides is 1. The zero-order valence-corrected chi connectivity index (χ0v) is 16.1. The van der Waals surface area contributed by atoms with Gasteiger partial charge >= 0.3 is 0 Å². The molecule has 0 atom stereocenters. The SMILES string of the molecule is Cc1ccsc1CCC(=O)N1CCN(c2nc(C3CC3)c(F)c(=O)[nH]2)CC1. The molecular formula is C19H23FN4O2S. The molecule has 1 saturated carbocycles. The summed E-state index contributed by atoms with van der Waals surface area (Å²) in [5.41, 5.74) is 0.834. The molecule has 0 radical (unpaired) electrons. The number of H-pyrrole nitrogens is 1. The quantitative estimate of drug-likeness (QED) is 0.851. The van der Waals surface area contributed by atoms with E-state index in [1.807, 2.05) is 9.80 Å². The van der Waals surface area contributed by atoms with E-state index >= 15 is 0 Å². The molecule has 1 aliphatic heterocycles. The molecule has 8 heteroatoms. The highest BCUT2D eigenvalue weighted by Gasteiger charge is 2.31.